The number of hydrogen-bond donors (Lipinski definition) is 0. The van der Waals surface area contributed by atoms with Crippen molar-refractivity contribution in [1.29, 1.82) is 0 Å². The lowest BCUT2D eigenvalue weighted by Gasteiger charge is -1.85. The van der Waals surface area contributed by atoms with Gasteiger partial charge in [-0.15, -0.1) is 10.2 Å². The molecule has 0 aliphatic carbocycles. The van der Waals surface area contributed by atoms with Gasteiger partial charge in [0.05, 0.1) is 11.7 Å². The van der Waals surface area contributed by atoms with Crippen LogP contribution in [0.5, 0.6) is 5.88 Å². The largest absolute Gasteiger partial charge is 0.408 e. The summed E-state index contributed by atoms with van der Waals surface area (Å²) in [5, 5.41) is 11.1. The van der Waals surface area contributed by atoms with Crippen molar-refractivity contribution in [2.45, 2.75) is 0 Å². The molecule has 60 valence electrons. The van der Waals surface area contributed by atoms with E-state index >= 15 is 0 Å². The highest BCUT2D eigenvalue weighted by Gasteiger charge is 2.00. The summed E-state index contributed by atoms with van der Waals surface area (Å²) in [5.41, 5.74) is 0.724. The highest BCUT2D eigenvalue weighted by Crippen LogP contribution is 2.09. The monoisotopic (exact) mass is 164 g/mol. The maximum absolute atomic E-state index is 9.95. The SMILES string of the molecule is O=COc1cc2cnncn2n1. The fourth-order valence-corrected chi connectivity index (χ4v) is 0.852. The zero-order chi connectivity index (χ0) is 8.39. The van der Waals surface area contributed by atoms with E-state index in [1.807, 2.05) is 0 Å². The summed E-state index contributed by atoms with van der Waals surface area (Å²) >= 11 is 0. The minimum Gasteiger partial charge on any atom is -0.408 e. The Balaban J connectivity index is 2.54. The van der Waals surface area contributed by atoms with E-state index in [1.54, 1.807) is 6.07 Å². The molecule has 0 saturated carbocycles. The number of carbonyl (C=O) groups excluding carboxylic acids is 1. The zero-order valence-corrected chi connectivity index (χ0v) is 5.91. The number of rotatable bonds is 2. The van der Waals surface area contributed by atoms with Gasteiger partial charge in [-0.2, -0.15) is 5.10 Å². The van der Waals surface area contributed by atoms with E-state index in [0.717, 1.165) is 5.52 Å². The van der Waals surface area contributed by atoms with E-state index in [0.29, 0.717) is 6.47 Å². The maximum atomic E-state index is 9.95. The number of hydrogen-bond acceptors (Lipinski definition) is 5. The summed E-state index contributed by atoms with van der Waals surface area (Å²) in [7, 11) is 0. The van der Waals surface area contributed by atoms with Gasteiger partial charge in [-0.3, -0.25) is 4.79 Å². The average molecular weight is 164 g/mol. The Morgan fingerprint density at radius 2 is 2.42 bits per heavy atom. The summed E-state index contributed by atoms with van der Waals surface area (Å²) < 4.78 is 5.99. The van der Waals surface area contributed by atoms with Crippen LogP contribution in [0, 0.1) is 0 Å². The van der Waals surface area contributed by atoms with Crippen LogP contribution in [-0.4, -0.2) is 26.3 Å². The van der Waals surface area contributed by atoms with Crippen molar-refractivity contribution < 1.29 is 9.53 Å². The standard InChI is InChI=1S/C6H4N4O2/c11-4-12-6-1-5-2-7-8-3-10(5)9-6/h1-4H. The summed E-state index contributed by atoms with van der Waals surface area (Å²) in [6.07, 6.45) is 2.94. The number of aromatic nitrogens is 4. The molecule has 0 N–H and O–H groups in total. The van der Waals surface area contributed by atoms with Gasteiger partial charge in [0.25, 0.3) is 6.47 Å². The van der Waals surface area contributed by atoms with Crippen molar-refractivity contribution in [3.63, 3.8) is 0 Å². The van der Waals surface area contributed by atoms with Gasteiger partial charge in [-0.25, -0.2) is 4.52 Å². The van der Waals surface area contributed by atoms with Gasteiger partial charge in [0, 0.05) is 6.07 Å². The Kier molecular flexibility index (Phi) is 1.44. The molecule has 0 unspecified atom stereocenters. The molecule has 2 rings (SSSR count). The lowest BCUT2D eigenvalue weighted by molar-refractivity contribution is -0.120. The van der Waals surface area contributed by atoms with Crippen LogP contribution >= 0.6 is 0 Å². The van der Waals surface area contributed by atoms with Gasteiger partial charge in [-0.1, -0.05) is 0 Å². The topological polar surface area (TPSA) is 69.4 Å². The van der Waals surface area contributed by atoms with Gasteiger partial charge in [0.15, 0.2) is 0 Å². The molecular weight excluding hydrogens is 160 g/mol. The van der Waals surface area contributed by atoms with Gasteiger partial charge >= 0.3 is 0 Å². The Labute approximate surface area is 66.8 Å². The van der Waals surface area contributed by atoms with Gasteiger partial charge in [0.2, 0.25) is 5.88 Å². The van der Waals surface area contributed by atoms with Crippen molar-refractivity contribution in [1.82, 2.24) is 19.8 Å². The third-order valence-electron chi connectivity index (χ3n) is 1.33. The molecule has 6 heteroatoms. The van der Waals surface area contributed by atoms with Crippen LogP contribution in [0.3, 0.4) is 0 Å². The van der Waals surface area contributed by atoms with Crippen LogP contribution in [0.1, 0.15) is 0 Å². The Hall–Kier alpha value is -1.98. The van der Waals surface area contributed by atoms with Crippen molar-refractivity contribution in [3.05, 3.63) is 18.6 Å². The highest BCUT2D eigenvalue weighted by molar-refractivity contribution is 5.50. The number of fused-ring (bicyclic) bond motifs is 1. The van der Waals surface area contributed by atoms with Crippen LogP contribution in [-0.2, 0) is 4.79 Å². The molecule has 0 radical (unpaired) electrons. The lowest BCUT2D eigenvalue weighted by atomic mass is 10.5. The van der Waals surface area contributed by atoms with Gasteiger partial charge < -0.3 is 4.74 Å². The highest BCUT2D eigenvalue weighted by atomic mass is 16.5. The van der Waals surface area contributed by atoms with E-state index in [1.165, 1.54) is 17.0 Å². The number of carbonyl (C=O) groups is 1. The van der Waals surface area contributed by atoms with E-state index in [4.69, 9.17) is 0 Å². The Morgan fingerprint density at radius 1 is 1.50 bits per heavy atom. The fraction of sp³-hybridized carbons (Fsp3) is 0. The van der Waals surface area contributed by atoms with E-state index in [9.17, 15) is 4.79 Å². The molecular formula is C6H4N4O2. The molecule has 0 amide bonds. The molecule has 2 heterocycles. The molecule has 6 nitrogen and oxygen atoms in total. The van der Waals surface area contributed by atoms with E-state index in [2.05, 4.69) is 20.0 Å². The molecule has 0 saturated heterocycles. The summed E-state index contributed by atoms with van der Waals surface area (Å²) in [5.74, 6) is 0.236. The summed E-state index contributed by atoms with van der Waals surface area (Å²) in [4.78, 5) is 9.95. The van der Waals surface area contributed by atoms with Crippen LogP contribution in [0.2, 0.25) is 0 Å². The number of ether oxygens (including phenoxy) is 1. The molecule has 0 fully saturated rings. The molecule has 12 heavy (non-hydrogen) atoms. The fourth-order valence-electron chi connectivity index (χ4n) is 0.852. The van der Waals surface area contributed by atoms with Crippen LogP contribution in [0.4, 0.5) is 0 Å². The maximum Gasteiger partial charge on any atom is 0.299 e. The first-order valence-corrected chi connectivity index (χ1v) is 3.16. The second kappa shape index (κ2) is 2.57. The predicted octanol–water partition coefficient (Wildman–Crippen LogP) is -0.341. The van der Waals surface area contributed by atoms with Crippen molar-refractivity contribution in [2.75, 3.05) is 0 Å². The van der Waals surface area contributed by atoms with E-state index < -0.39 is 0 Å². The minimum absolute atomic E-state index is 0.236. The first-order valence-electron chi connectivity index (χ1n) is 3.16. The second-order valence-electron chi connectivity index (χ2n) is 2.04. The van der Waals surface area contributed by atoms with Gasteiger partial charge in [-0.05, 0) is 0 Å². The molecule has 0 aromatic carbocycles. The smallest absolute Gasteiger partial charge is 0.299 e. The van der Waals surface area contributed by atoms with Crippen molar-refractivity contribution in [3.8, 4) is 5.88 Å². The summed E-state index contributed by atoms with van der Waals surface area (Å²) in [6, 6.07) is 1.59. The van der Waals surface area contributed by atoms with Crippen LogP contribution < -0.4 is 4.74 Å². The summed E-state index contributed by atoms with van der Waals surface area (Å²) in [6.45, 7) is 0.322. The molecule has 2 aromatic heterocycles. The lowest BCUT2D eigenvalue weighted by Crippen LogP contribution is -1.92. The molecule has 0 aliphatic rings. The third-order valence-corrected chi connectivity index (χ3v) is 1.33. The first kappa shape index (κ1) is 6.71. The quantitative estimate of drug-likeness (QED) is 0.568. The van der Waals surface area contributed by atoms with Crippen molar-refractivity contribution in [2.24, 2.45) is 0 Å². The molecule has 0 spiro atoms. The van der Waals surface area contributed by atoms with E-state index in [-0.39, 0.29) is 5.88 Å². The van der Waals surface area contributed by atoms with Crippen LogP contribution in [0.25, 0.3) is 5.52 Å². The molecule has 2 aromatic rings. The van der Waals surface area contributed by atoms with Gasteiger partial charge in [0.1, 0.15) is 6.33 Å². The van der Waals surface area contributed by atoms with Crippen molar-refractivity contribution >= 4 is 12.0 Å². The zero-order valence-electron chi connectivity index (χ0n) is 5.91. The number of nitrogens with zero attached hydrogens (tertiary/aromatic N) is 4. The van der Waals surface area contributed by atoms with Crippen LogP contribution in [0.15, 0.2) is 18.6 Å². The Bertz CT molecular complexity index is 378. The second-order valence-corrected chi connectivity index (χ2v) is 2.04. The molecule has 0 aliphatic heterocycles. The minimum atomic E-state index is 0.236. The third kappa shape index (κ3) is 0.986. The Morgan fingerprint density at radius 3 is 3.17 bits per heavy atom. The molecule has 0 bridgehead atoms. The first-order chi connectivity index (χ1) is 5.90. The normalized spacial score (nSPS) is 10.0. The molecule has 0 atom stereocenters. The predicted molar refractivity (Wildman–Crippen MR) is 37.5 cm³/mol. The average Bonchev–Trinajstić information content (AvgIpc) is 2.47.